The van der Waals surface area contributed by atoms with Crippen molar-refractivity contribution in [1.82, 2.24) is 9.97 Å². The third kappa shape index (κ3) is 4.14. The first-order chi connectivity index (χ1) is 13.3. The van der Waals surface area contributed by atoms with Crippen LogP contribution in [0.25, 0.3) is 11.4 Å². The van der Waals surface area contributed by atoms with Crippen LogP contribution in [0.2, 0.25) is 0 Å². The normalized spacial score (nSPS) is 15.1. The number of hydrogen-bond donors (Lipinski definition) is 2. The van der Waals surface area contributed by atoms with Gasteiger partial charge in [-0.15, -0.1) is 0 Å². The molecule has 140 valence electrons. The van der Waals surface area contributed by atoms with Crippen LogP contribution < -0.4 is 14.5 Å². The Hall–Kier alpha value is -2.79. The van der Waals surface area contributed by atoms with Crippen molar-refractivity contribution >= 4 is 5.69 Å². The average molecular weight is 363 g/mol. The largest absolute Gasteiger partial charge is 0.492 e. The first-order valence-electron chi connectivity index (χ1n) is 9.73. The van der Waals surface area contributed by atoms with E-state index in [-0.39, 0.29) is 0 Å². The van der Waals surface area contributed by atoms with Crippen molar-refractivity contribution < 1.29 is 9.64 Å². The van der Waals surface area contributed by atoms with Crippen LogP contribution in [0.3, 0.4) is 0 Å². The van der Waals surface area contributed by atoms with E-state index in [1.54, 1.807) is 4.90 Å². The number of H-pyrrole nitrogens is 1. The molecule has 0 radical (unpaired) electrons. The van der Waals surface area contributed by atoms with E-state index in [9.17, 15) is 0 Å². The third-order valence-electron chi connectivity index (χ3n) is 5.09. The number of aromatic amines is 1. The van der Waals surface area contributed by atoms with Gasteiger partial charge in [-0.05, 0) is 19.1 Å². The lowest BCUT2D eigenvalue weighted by Gasteiger charge is -2.34. The molecule has 27 heavy (non-hydrogen) atoms. The van der Waals surface area contributed by atoms with Crippen LogP contribution in [0.4, 0.5) is 5.69 Å². The number of rotatable bonds is 6. The van der Waals surface area contributed by atoms with Gasteiger partial charge in [-0.25, -0.2) is 4.98 Å². The second-order valence-corrected chi connectivity index (χ2v) is 6.94. The van der Waals surface area contributed by atoms with Crippen LogP contribution >= 0.6 is 0 Å². The van der Waals surface area contributed by atoms with Gasteiger partial charge in [-0.2, -0.15) is 0 Å². The van der Waals surface area contributed by atoms with E-state index in [1.807, 2.05) is 37.4 Å². The van der Waals surface area contributed by atoms with E-state index in [1.165, 1.54) is 11.4 Å². The zero-order valence-corrected chi connectivity index (χ0v) is 15.8. The molecule has 2 N–H and O–H groups in total. The zero-order chi connectivity index (χ0) is 18.5. The molecule has 1 aromatic heterocycles. The topological polar surface area (TPSA) is 45.6 Å². The number of hydrogen-bond acceptors (Lipinski definition) is 3. The van der Waals surface area contributed by atoms with Gasteiger partial charge in [0.15, 0.2) is 0 Å². The number of quaternary nitrogens is 1. The number of nitrogens with zero attached hydrogens (tertiary/aromatic N) is 2. The number of benzene rings is 2. The maximum atomic E-state index is 5.80. The fourth-order valence-electron chi connectivity index (χ4n) is 3.70. The lowest BCUT2D eigenvalue weighted by molar-refractivity contribution is -0.914. The number of nitrogens with one attached hydrogen (secondary N) is 2. The Morgan fingerprint density at radius 1 is 1.04 bits per heavy atom. The molecule has 1 aliphatic heterocycles. The van der Waals surface area contributed by atoms with Crippen molar-refractivity contribution in [2.45, 2.75) is 13.5 Å². The summed E-state index contributed by atoms with van der Waals surface area (Å²) in [5.74, 6) is 1.94. The van der Waals surface area contributed by atoms with Gasteiger partial charge in [0.1, 0.15) is 18.1 Å². The van der Waals surface area contributed by atoms with Gasteiger partial charge in [0.2, 0.25) is 0 Å². The van der Waals surface area contributed by atoms with Gasteiger partial charge in [0.05, 0.1) is 50.4 Å². The molecule has 0 bridgehead atoms. The molecule has 3 aromatic rings. The zero-order valence-electron chi connectivity index (χ0n) is 15.8. The maximum absolute atomic E-state index is 5.80. The highest BCUT2D eigenvalue weighted by Gasteiger charge is 2.22. The summed E-state index contributed by atoms with van der Waals surface area (Å²) in [5.41, 5.74) is 3.55. The standard InChI is InChI=1S/C22H26N4O/c1-2-27-21-11-7-6-10-20(21)26-14-12-25(13-15-26)17-19-16-23-22(24-19)18-8-4-3-5-9-18/h3-11,16H,2,12-15,17H2,1H3,(H,23,24)/p+1. The van der Waals surface area contributed by atoms with Gasteiger partial charge < -0.3 is 19.5 Å². The molecule has 0 saturated carbocycles. The molecule has 0 aliphatic carbocycles. The second-order valence-electron chi connectivity index (χ2n) is 6.94. The fraction of sp³-hybridized carbons (Fsp3) is 0.318. The summed E-state index contributed by atoms with van der Waals surface area (Å²) in [5, 5.41) is 0. The van der Waals surface area contributed by atoms with E-state index >= 15 is 0 Å². The SMILES string of the molecule is CCOc1ccccc1N1CC[NH+](Cc2cnc(-c3ccccc3)[nH]2)CC1. The molecule has 4 rings (SSSR count). The summed E-state index contributed by atoms with van der Waals surface area (Å²) in [7, 11) is 0. The van der Waals surface area contributed by atoms with E-state index < -0.39 is 0 Å². The van der Waals surface area contributed by atoms with Crippen LogP contribution in [0.1, 0.15) is 12.6 Å². The van der Waals surface area contributed by atoms with Gasteiger partial charge >= 0.3 is 0 Å². The quantitative estimate of drug-likeness (QED) is 0.707. The molecular formula is C22H27N4O+. The second kappa shape index (κ2) is 8.27. The Kier molecular flexibility index (Phi) is 5.39. The van der Waals surface area contributed by atoms with Crippen molar-refractivity contribution in [2.24, 2.45) is 0 Å². The van der Waals surface area contributed by atoms with Crippen LogP contribution in [-0.2, 0) is 6.54 Å². The summed E-state index contributed by atoms with van der Waals surface area (Å²) in [6.07, 6.45) is 1.98. The van der Waals surface area contributed by atoms with Crippen molar-refractivity contribution in [3.63, 3.8) is 0 Å². The Morgan fingerprint density at radius 2 is 1.78 bits per heavy atom. The van der Waals surface area contributed by atoms with Crippen LogP contribution in [0.5, 0.6) is 5.75 Å². The molecule has 0 unspecified atom stereocenters. The Labute approximate surface area is 160 Å². The van der Waals surface area contributed by atoms with E-state index in [0.717, 1.165) is 49.9 Å². The molecule has 5 heteroatoms. The van der Waals surface area contributed by atoms with Gasteiger partial charge in [-0.1, -0.05) is 42.5 Å². The molecule has 2 heterocycles. The van der Waals surface area contributed by atoms with E-state index in [4.69, 9.17) is 4.74 Å². The van der Waals surface area contributed by atoms with E-state index in [2.05, 4.69) is 45.2 Å². The number of aromatic nitrogens is 2. The highest BCUT2D eigenvalue weighted by molar-refractivity contribution is 5.58. The Morgan fingerprint density at radius 3 is 2.56 bits per heavy atom. The number of ether oxygens (including phenoxy) is 1. The van der Waals surface area contributed by atoms with Crippen LogP contribution in [-0.4, -0.2) is 42.8 Å². The molecule has 0 amide bonds. The fourth-order valence-corrected chi connectivity index (χ4v) is 3.70. The van der Waals surface area contributed by atoms with Crippen molar-refractivity contribution in [2.75, 3.05) is 37.7 Å². The molecule has 1 saturated heterocycles. The third-order valence-corrected chi connectivity index (χ3v) is 5.09. The summed E-state index contributed by atoms with van der Waals surface area (Å²) >= 11 is 0. The molecule has 0 spiro atoms. The van der Waals surface area contributed by atoms with Crippen molar-refractivity contribution in [3.8, 4) is 17.1 Å². The predicted molar refractivity (Wildman–Crippen MR) is 108 cm³/mol. The summed E-state index contributed by atoms with van der Waals surface area (Å²) in [6, 6.07) is 18.6. The van der Waals surface area contributed by atoms with Crippen molar-refractivity contribution in [1.29, 1.82) is 0 Å². The van der Waals surface area contributed by atoms with Gasteiger partial charge in [0.25, 0.3) is 0 Å². The molecule has 5 nitrogen and oxygen atoms in total. The molecule has 2 aromatic carbocycles. The monoisotopic (exact) mass is 363 g/mol. The minimum absolute atomic E-state index is 0.700. The summed E-state index contributed by atoms with van der Waals surface area (Å²) in [4.78, 5) is 12.1. The van der Waals surface area contributed by atoms with Gasteiger partial charge in [-0.3, -0.25) is 0 Å². The highest BCUT2D eigenvalue weighted by atomic mass is 16.5. The minimum Gasteiger partial charge on any atom is -0.492 e. The van der Waals surface area contributed by atoms with Crippen LogP contribution in [0, 0.1) is 0 Å². The number of imidazole rings is 1. The summed E-state index contributed by atoms with van der Waals surface area (Å²) < 4.78 is 5.80. The predicted octanol–water partition coefficient (Wildman–Crippen LogP) is 2.38. The number of anilines is 1. The summed E-state index contributed by atoms with van der Waals surface area (Å²) in [6.45, 7) is 8.03. The van der Waals surface area contributed by atoms with Crippen molar-refractivity contribution in [3.05, 3.63) is 66.5 Å². The lowest BCUT2D eigenvalue weighted by atomic mass is 10.2. The Bertz CT molecular complexity index is 854. The number of para-hydroxylation sites is 2. The molecule has 0 atom stereocenters. The van der Waals surface area contributed by atoms with Gasteiger partial charge in [0, 0.05) is 5.56 Å². The first kappa shape index (κ1) is 17.6. The minimum atomic E-state index is 0.700. The highest BCUT2D eigenvalue weighted by Crippen LogP contribution is 2.27. The Balaban J connectivity index is 1.36. The lowest BCUT2D eigenvalue weighted by Crippen LogP contribution is -3.13. The van der Waals surface area contributed by atoms with E-state index in [0.29, 0.717) is 6.61 Å². The smallest absolute Gasteiger partial charge is 0.142 e. The molecular weight excluding hydrogens is 336 g/mol. The average Bonchev–Trinajstić information content (AvgIpc) is 3.19. The number of piperazine rings is 1. The maximum Gasteiger partial charge on any atom is 0.142 e. The molecule has 1 fully saturated rings. The molecule has 1 aliphatic rings. The van der Waals surface area contributed by atoms with Crippen LogP contribution in [0.15, 0.2) is 60.8 Å². The first-order valence-corrected chi connectivity index (χ1v) is 9.73.